The number of hydrogen-bond donors (Lipinski definition) is 0. The van der Waals surface area contributed by atoms with Gasteiger partial charge < -0.3 is 14.4 Å². The number of aromatic nitrogens is 4. The third-order valence-electron chi connectivity index (χ3n) is 5.27. The second-order valence-corrected chi connectivity index (χ2v) is 7.03. The quantitative estimate of drug-likeness (QED) is 0.768. The smallest absolute Gasteiger partial charge is 0.208 e. The van der Waals surface area contributed by atoms with Crippen LogP contribution in [0.1, 0.15) is 24.7 Å². The molecule has 0 unspecified atom stereocenters. The molecule has 0 aromatic carbocycles. The molecule has 0 atom stereocenters. The van der Waals surface area contributed by atoms with Crippen LogP contribution in [0.5, 0.6) is 0 Å². The molecule has 7 nitrogen and oxygen atoms in total. The van der Waals surface area contributed by atoms with Crippen molar-refractivity contribution < 1.29 is 9.47 Å². The van der Waals surface area contributed by atoms with Crippen LogP contribution in [0.4, 0.5) is 5.82 Å². The summed E-state index contributed by atoms with van der Waals surface area (Å²) in [6.07, 6.45) is 9.37. The van der Waals surface area contributed by atoms with Crippen LogP contribution in [-0.2, 0) is 9.47 Å². The van der Waals surface area contributed by atoms with E-state index in [9.17, 15) is 0 Å². The Bertz CT molecular complexity index is 821. The highest BCUT2D eigenvalue weighted by molar-refractivity contribution is 5.88. The summed E-state index contributed by atoms with van der Waals surface area (Å²) in [5.41, 5.74) is 1.16. The zero-order valence-corrected chi connectivity index (χ0v) is 13.4. The molecule has 0 N–H and O–H groups in total. The molecule has 2 aromatic rings. The first-order chi connectivity index (χ1) is 11.8. The molecule has 1 spiro atoms. The monoisotopic (exact) mass is 325 g/mol. The Morgan fingerprint density at radius 1 is 1.17 bits per heavy atom. The minimum Gasteiger partial charge on any atom is -0.381 e. The van der Waals surface area contributed by atoms with E-state index in [4.69, 9.17) is 15.9 Å². The molecule has 124 valence electrons. The maximum absolute atomic E-state index is 5.59. The number of fused-ring (bicyclic) bond motifs is 1. The summed E-state index contributed by atoms with van der Waals surface area (Å²) in [6, 6.07) is 0.312. The molecule has 24 heavy (non-hydrogen) atoms. The number of nitrogens with zero attached hydrogens (tertiary/aromatic N) is 5. The van der Waals surface area contributed by atoms with Crippen LogP contribution in [0.15, 0.2) is 6.20 Å². The molecule has 3 aliphatic rings. The zero-order valence-electron chi connectivity index (χ0n) is 13.4. The standard InChI is InChI=1S/C17H19N5O2/c1-2-14-19-15(21-8-17(9-21)10-24-11-17)13-7-18-22(16(13)20-14)12-3-5-23-6-4-12/h1,7,12H,3-6,8-11H2. The van der Waals surface area contributed by atoms with Gasteiger partial charge in [-0.25, -0.2) is 14.6 Å². The average Bonchev–Trinajstić information content (AvgIpc) is 2.96. The Balaban J connectivity index is 1.55. The Morgan fingerprint density at radius 3 is 2.62 bits per heavy atom. The van der Waals surface area contributed by atoms with E-state index < -0.39 is 0 Å². The molecule has 3 saturated heterocycles. The molecule has 3 fully saturated rings. The molecule has 3 aliphatic heterocycles. The Kier molecular flexibility index (Phi) is 3.05. The van der Waals surface area contributed by atoms with Crippen LogP contribution in [0.25, 0.3) is 11.0 Å². The van der Waals surface area contributed by atoms with E-state index in [2.05, 4.69) is 25.9 Å². The predicted octanol–water partition coefficient (Wildman–Crippen LogP) is 0.996. The lowest BCUT2D eigenvalue weighted by Gasteiger charge is -2.55. The van der Waals surface area contributed by atoms with Crippen LogP contribution in [0.2, 0.25) is 0 Å². The summed E-state index contributed by atoms with van der Waals surface area (Å²) in [5, 5.41) is 5.59. The van der Waals surface area contributed by atoms with E-state index >= 15 is 0 Å². The second kappa shape index (κ2) is 5.16. The number of ether oxygens (including phenoxy) is 2. The topological polar surface area (TPSA) is 65.3 Å². The van der Waals surface area contributed by atoms with E-state index in [0.29, 0.717) is 17.3 Å². The Labute approximate surface area is 140 Å². The molecular formula is C17H19N5O2. The highest BCUT2D eigenvalue weighted by Crippen LogP contribution is 2.41. The summed E-state index contributed by atoms with van der Waals surface area (Å²) in [4.78, 5) is 11.4. The molecule has 0 amide bonds. The summed E-state index contributed by atoms with van der Waals surface area (Å²) in [7, 11) is 0. The van der Waals surface area contributed by atoms with E-state index in [1.54, 1.807) is 0 Å². The van der Waals surface area contributed by atoms with Gasteiger partial charge in [-0.2, -0.15) is 5.10 Å². The van der Waals surface area contributed by atoms with Gasteiger partial charge in [0.15, 0.2) is 5.65 Å². The first kappa shape index (κ1) is 14.2. The lowest BCUT2D eigenvalue weighted by Crippen LogP contribution is -2.66. The highest BCUT2D eigenvalue weighted by Gasteiger charge is 2.50. The maximum Gasteiger partial charge on any atom is 0.208 e. The van der Waals surface area contributed by atoms with E-state index in [1.165, 1.54) is 0 Å². The Morgan fingerprint density at radius 2 is 1.96 bits per heavy atom. The predicted molar refractivity (Wildman–Crippen MR) is 87.8 cm³/mol. The maximum atomic E-state index is 5.59. The van der Waals surface area contributed by atoms with Crippen molar-refractivity contribution in [2.75, 3.05) is 44.4 Å². The van der Waals surface area contributed by atoms with Gasteiger partial charge in [0.05, 0.1) is 36.3 Å². The van der Waals surface area contributed by atoms with E-state index in [-0.39, 0.29) is 0 Å². The van der Waals surface area contributed by atoms with Crippen molar-refractivity contribution in [2.24, 2.45) is 5.41 Å². The summed E-state index contributed by atoms with van der Waals surface area (Å²) >= 11 is 0. The molecular weight excluding hydrogens is 306 g/mol. The summed E-state index contributed by atoms with van der Waals surface area (Å²) < 4.78 is 12.8. The lowest BCUT2D eigenvalue weighted by molar-refractivity contribution is -0.127. The zero-order chi connectivity index (χ0) is 16.1. The molecule has 0 saturated carbocycles. The van der Waals surface area contributed by atoms with Gasteiger partial charge in [-0.1, -0.05) is 0 Å². The van der Waals surface area contributed by atoms with Gasteiger partial charge in [-0.15, -0.1) is 6.42 Å². The SMILES string of the molecule is C#Cc1nc(N2CC3(COC3)C2)c2cnn(C3CCOCC3)c2n1. The average molecular weight is 325 g/mol. The van der Waals surface area contributed by atoms with Crippen molar-refractivity contribution in [1.29, 1.82) is 0 Å². The van der Waals surface area contributed by atoms with Crippen LogP contribution in [-0.4, -0.2) is 59.3 Å². The molecule has 0 bridgehead atoms. The summed E-state index contributed by atoms with van der Waals surface area (Å²) in [6.45, 7) is 5.15. The van der Waals surface area contributed by atoms with Gasteiger partial charge in [0.25, 0.3) is 0 Å². The third kappa shape index (κ3) is 2.03. The van der Waals surface area contributed by atoms with Crippen molar-refractivity contribution >= 4 is 16.9 Å². The first-order valence-electron chi connectivity index (χ1n) is 8.40. The van der Waals surface area contributed by atoms with Crippen LogP contribution >= 0.6 is 0 Å². The number of anilines is 1. The fourth-order valence-electron chi connectivity index (χ4n) is 3.90. The van der Waals surface area contributed by atoms with Gasteiger partial charge in [-0.3, -0.25) is 0 Å². The van der Waals surface area contributed by atoms with Gasteiger partial charge in [-0.05, 0) is 18.8 Å². The van der Waals surface area contributed by atoms with Gasteiger partial charge in [0.2, 0.25) is 5.82 Å². The normalized spacial score (nSPS) is 23.0. The third-order valence-corrected chi connectivity index (χ3v) is 5.27. The molecule has 5 heterocycles. The van der Waals surface area contributed by atoms with E-state index in [1.807, 2.05) is 10.9 Å². The molecule has 2 aromatic heterocycles. The number of terminal acetylenes is 1. The molecule has 0 radical (unpaired) electrons. The minimum absolute atomic E-state index is 0.312. The largest absolute Gasteiger partial charge is 0.381 e. The van der Waals surface area contributed by atoms with Crippen LogP contribution < -0.4 is 4.90 Å². The molecule has 7 heteroatoms. The fourth-order valence-corrected chi connectivity index (χ4v) is 3.90. The second-order valence-electron chi connectivity index (χ2n) is 7.03. The number of hydrogen-bond acceptors (Lipinski definition) is 6. The van der Waals surface area contributed by atoms with Gasteiger partial charge >= 0.3 is 0 Å². The lowest BCUT2D eigenvalue weighted by atomic mass is 9.78. The highest BCUT2D eigenvalue weighted by atomic mass is 16.5. The van der Waals surface area contributed by atoms with Crippen LogP contribution in [0, 0.1) is 17.8 Å². The first-order valence-corrected chi connectivity index (χ1v) is 8.40. The fraction of sp³-hybridized carbons (Fsp3) is 0.588. The number of rotatable bonds is 2. The Hall–Kier alpha value is -2.17. The molecule has 0 aliphatic carbocycles. The van der Waals surface area contributed by atoms with Crippen molar-refractivity contribution in [3.63, 3.8) is 0 Å². The minimum atomic E-state index is 0.312. The van der Waals surface area contributed by atoms with Gasteiger partial charge in [0.1, 0.15) is 5.82 Å². The van der Waals surface area contributed by atoms with Crippen molar-refractivity contribution in [1.82, 2.24) is 19.7 Å². The van der Waals surface area contributed by atoms with Crippen LogP contribution in [0.3, 0.4) is 0 Å². The summed E-state index contributed by atoms with van der Waals surface area (Å²) in [5.74, 6) is 3.93. The van der Waals surface area contributed by atoms with Crippen molar-refractivity contribution in [3.8, 4) is 12.3 Å². The van der Waals surface area contributed by atoms with Crippen molar-refractivity contribution in [2.45, 2.75) is 18.9 Å². The van der Waals surface area contributed by atoms with E-state index in [0.717, 1.165) is 69.2 Å². The molecule has 5 rings (SSSR count). The van der Waals surface area contributed by atoms with Crippen molar-refractivity contribution in [3.05, 3.63) is 12.0 Å². The van der Waals surface area contributed by atoms with Gasteiger partial charge in [0, 0.05) is 26.3 Å².